The molecule has 620 valence electrons. The van der Waals surface area contributed by atoms with Crippen LogP contribution >= 0.6 is 68.0 Å². The second kappa shape index (κ2) is 43.0. The summed E-state index contributed by atoms with van der Waals surface area (Å²) in [6, 6.07) is 54.2. The van der Waals surface area contributed by atoms with E-state index in [4.69, 9.17) is 26.0 Å². The van der Waals surface area contributed by atoms with Crippen molar-refractivity contribution >= 4 is 103 Å². The highest BCUT2D eigenvalue weighted by atomic mass is 32.1. The van der Waals surface area contributed by atoms with Crippen molar-refractivity contribution in [3.05, 3.63) is 210 Å². The van der Waals surface area contributed by atoms with Gasteiger partial charge in [-0.3, -0.25) is 4.79 Å². The van der Waals surface area contributed by atoms with Crippen LogP contribution in [0.25, 0.3) is 110 Å². The topological polar surface area (TPSA) is 107 Å². The molecular weight excluding hydrogens is 1570 g/mol. The van der Waals surface area contributed by atoms with Crippen molar-refractivity contribution in [2.24, 2.45) is 5.92 Å². The monoisotopic (exact) mass is 1690 g/mol. The molecule has 1 fully saturated rings. The number of para-hydroxylation sites is 2. The third-order valence-electron chi connectivity index (χ3n) is 24.9. The molecule has 1 spiro atoms. The van der Waals surface area contributed by atoms with E-state index < -0.39 is 17.4 Å². The van der Waals surface area contributed by atoms with Crippen LogP contribution in [0.4, 0.5) is 0 Å². The fourth-order valence-electron chi connectivity index (χ4n) is 18.8. The average molecular weight is 1690 g/mol. The third kappa shape index (κ3) is 20.3. The molecule has 0 radical (unpaired) electrons. The Hall–Kier alpha value is -8.18. The van der Waals surface area contributed by atoms with Crippen LogP contribution in [0.15, 0.2) is 145 Å². The first-order valence-electron chi connectivity index (χ1n) is 45.5. The Balaban J connectivity index is 0.872. The van der Waals surface area contributed by atoms with Gasteiger partial charge >= 0.3 is 11.9 Å². The highest BCUT2D eigenvalue weighted by molar-refractivity contribution is 7.28. The molecule has 1 unspecified atom stereocenters. The van der Waals surface area contributed by atoms with Crippen molar-refractivity contribution in [2.45, 2.75) is 284 Å². The molecule has 0 bridgehead atoms. The molecule has 3 aliphatic rings. The van der Waals surface area contributed by atoms with Crippen LogP contribution in [-0.4, -0.2) is 35.1 Å². The lowest BCUT2D eigenvalue weighted by Gasteiger charge is -2.43. The van der Waals surface area contributed by atoms with Crippen molar-refractivity contribution in [1.82, 2.24) is 9.97 Å². The smallest absolute Gasteiger partial charge is 0.348 e. The second-order valence-electron chi connectivity index (χ2n) is 33.4. The van der Waals surface area contributed by atoms with Gasteiger partial charge in [-0.15, -0.1) is 68.0 Å². The lowest BCUT2D eigenvalue weighted by molar-refractivity contribution is -0.139. The number of esters is 2. The molecule has 1 saturated carbocycles. The van der Waals surface area contributed by atoms with E-state index in [0.717, 1.165) is 165 Å². The van der Waals surface area contributed by atoms with Crippen LogP contribution in [0.2, 0.25) is 0 Å². The van der Waals surface area contributed by atoms with Gasteiger partial charge in [0.15, 0.2) is 0 Å². The van der Waals surface area contributed by atoms with Crippen molar-refractivity contribution in [1.29, 1.82) is 5.26 Å². The van der Waals surface area contributed by atoms with Gasteiger partial charge in [-0.1, -0.05) is 256 Å². The Kier molecular flexibility index (Phi) is 31.5. The summed E-state index contributed by atoms with van der Waals surface area (Å²) in [6.07, 6.45) is 43.8. The summed E-state index contributed by atoms with van der Waals surface area (Å²) in [6.45, 7) is 22.4. The number of carbonyl (C=O) groups is 2. The van der Waals surface area contributed by atoms with Crippen LogP contribution in [0.5, 0.6) is 0 Å². The zero-order valence-electron chi connectivity index (χ0n) is 71.3. The summed E-state index contributed by atoms with van der Waals surface area (Å²) in [5.74, 6) is -0.414. The molecule has 8 nitrogen and oxygen atoms in total. The number of thiophene rings is 6. The van der Waals surface area contributed by atoms with E-state index >= 15 is 0 Å². The van der Waals surface area contributed by atoms with Gasteiger partial charge < -0.3 is 9.47 Å². The van der Waals surface area contributed by atoms with E-state index in [-0.39, 0.29) is 17.2 Å². The predicted molar refractivity (Wildman–Crippen MR) is 510 cm³/mol. The molecule has 119 heavy (non-hydrogen) atoms. The molecule has 7 heterocycles. The molecule has 7 aromatic heterocycles. The first kappa shape index (κ1) is 87.2. The number of hydrogen-bond donors (Lipinski definition) is 0. The quantitative estimate of drug-likeness (QED) is 0.0123. The number of fused-ring (bicyclic) bond motifs is 13. The third-order valence-corrected chi connectivity index (χ3v) is 32.5. The Bertz CT molecular complexity index is 5120. The van der Waals surface area contributed by atoms with Crippen molar-refractivity contribution in [3.63, 3.8) is 0 Å². The van der Waals surface area contributed by atoms with E-state index in [1.165, 1.54) is 214 Å². The van der Waals surface area contributed by atoms with E-state index in [9.17, 15) is 14.9 Å². The average Bonchev–Trinajstić information content (AvgIpc) is 1.52. The summed E-state index contributed by atoms with van der Waals surface area (Å²) in [7, 11) is 0. The Morgan fingerprint density at radius 3 is 1.30 bits per heavy atom. The fraction of sp³-hybridized carbons (Fsp3) is 0.448. The van der Waals surface area contributed by atoms with Crippen LogP contribution in [-0.2, 0) is 50.2 Å². The minimum atomic E-state index is -0.568. The number of nitriles is 1. The number of rotatable bonds is 44. The molecule has 0 saturated heterocycles. The zero-order chi connectivity index (χ0) is 82.5. The molecule has 14 heteroatoms. The maximum atomic E-state index is 13.5. The summed E-state index contributed by atoms with van der Waals surface area (Å²) < 4.78 is 11.4. The number of ether oxygens (including phenoxy) is 2. The lowest BCUT2D eigenvalue weighted by atomic mass is 9.59. The van der Waals surface area contributed by atoms with Gasteiger partial charge in [-0.25, -0.2) is 19.6 Å². The Morgan fingerprint density at radius 2 is 0.840 bits per heavy atom. The normalized spacial score (nSPS) is 15.5. The summed E-state index contributed by atoms with van der Waals surface area (Å²) in [4.78, 5) is 56.8. The molecule has 14 rings (SSSR count). The van der Waals surface area contributed by atoms with Gasteiger partial charge in [-0.2, -0.15) is 5.26 Å². The molecule has 3 atom stereocenters. The van der Waals surface area contributed by atoms with Crippen LogP contribution in [0.1, 0.15) is 307 Å². The van der Waals surface area contributed by atoms with Gasteiger partial charge in [0.25, 0.3) is 5.70 Å². The van der Waals surface area contributed by atoms with Gasteiger partial charge in [-0.05, 0) is 229 Å². The number of aromatic nitrogens is 2. The van der Waals surface area contributed by atoms with Crippen LogP contribution < -0.4 is 0 Å². The van der Waals surface area contributed by atoms with E-state index in [0.29, 0.717) is 19.1 Å². The van der Waals surface area contributed by atoms with Crippen LogP contribution in [0.3, 0.4) is 0 Å². The maximum Gasteiger partial charge on any atom is 0.348 e. The SMILES string of the molecule is [C-]#[N+]/C(=C/c1cc(CCCCCC)c(-c2ccc(-c3sc(-c4ccc5c(c4)[C@@]4(c6cc(-c7cc(CCCCCC)c(-c8ccc(-c9sc(/C=C(/C#N)C(=O)OCCCCCCCC)cc9CCCCCC)s8)s7)ccc6-c6nc7ccccc7nc6-5)c5ccccc5[C@H]5CCCCC54)cc3CCCCCC)s2)s1)C(=O)OCCCCCCCC. The Morgan fingerprint density at radius 1 is 0.437 bits per heavy atom. The van der Waals surface area contributed by atoms with E-state index in [1.54, 1.807) is 34.8 Å². The molecule has 3 aliphatic carbocycles. The molecule has 0 aliphatic heterocycles. The maximum absolute atomic E-state index is 13.5. The second-order valence-corrected chi connectivity index (χ2v) is 39.9. The number of hydrogen-bond acceptors (Lipinski definition) is 13. The molecule has 0 amide bonds. The highest BCUT2D eigenvalue weighted by Gasteiger charge is 2.57. The van der Waals surface area contributed by atoms with Gasteiger partial charge in [0.1, 0.15) is 11.6 Å². The predicted octanol–water partition coefficient (Wildman–Crippen LogP) is 32.7. The number of benzene rings is 4. The summed E-state index contributed by atoms with van der Waals surface area (Å²) >= 11 is 11.1. The highest BCUT2D eigenvalue weighted by Crippen LogP contribution is 2.67. The first-order chi connectivity index (χ1) is 58.5. The van der Waals surface area contributed by atoms with Crippen molar-refractivity contribution < 1.29 is 19.1 Å². The Labute approximate surface area is 733 Å². The number of unbranched alkanes of at least 4 members (excludes halogenated alkanes) is 22. The zero-order valence-corrected chi connectivity index (χ0v) is 76.2. The van der Waals surface area contributed by atoms with Crippen LogP contribution in [0, 0.1) is 23.8 Å². The van der Waals surface area contributed by atoms with E-state index in [2.05, 4.69) is 186 Å². The number of carbonyl (C=O) groups excluding carboxylic acids is 2. The first-order valence-corrected chi connectivity index (χ1v) is 50.4. The molecule has 4 aromatic carbocycles. The van der Waals surface area contributed by atoms with Crippen molar-refractivity contribution in [2.75, 3.05) is 13.2 Å². The molecule has 0 N–H and O–H groups in total. The minimum Gasteiger partial charge on any atom is -0.471 e. The molecular formula is C105H120N4O4S6. The molecule has 11 aromatic rings. The summed E-state index contributed by atoms with van der Waals surface area (Å²) in [5, 5.41) is 10.4. The van der Waals surface area contributed by atoms with Gasteiger partial charge in [0, 0.05) is 69.7 Å². The lowest BCUT2D eigenvalue weighted by Crippen LogP contribution is -2.37. The number of nitrogens with zero attached hydrogens (tertiary/aromatic N) is 4. The summed E-state index contributed by atoms with van der Waals surface area (Å²) in [5.41, 5.74) is 19.0. The standard InChI is InChI=1S/C105H120N4O4S6/c1-8-14-20-26-28-40-60-112-103(110)77(70-106)64-78-62-73(42-30-22-16-10-3)99(114-78)91-56-58-93(116-91)101-75(44-32-24-18-12-5)67-95(118-101)71-52-54-82-86(65-71)105(84-48-36-34-46-80(84)81-47-35-37-49-85(81)105)87-66-72(53-55-83(87)98-97(82)108-88-50-38-39-51-89(88)109-98)96-68-76(45-33-25-19-13-6)102(119-96)94-59-57-92(117-94)100-74(43-31-23-17-11-4)63-79(115-100)69-90(107-7)104(111)113-61-41-29-27-21-15-9-2/h34,36,38-39,46,48,50-59,62-69,81,85H,8-33,35,37,40-45,47,49,60-61H2,1-6H3/b77-64-,90-69+/t81-,85?,105+/m1/s1. The van der Waals surface area contributed by atoms with Gasteiger partial charge in [0.2, 0.25) is 0 Å². The van der Waals surface area contributed by atoms with Gasteiger partial charge in [0.05, 0.1) is 47.6 Å². The number of aryl methyl sites for hydroxylation is 4. The van der Waals surface area contributed by atoms with Crippen molar-refractivity contribution in [3.8, 4) is 88.5 Å². The fourth-order valence-corrected chi connectivity index (χ4v) is 26.1. The minimum absolute atomic E-state index is 0.0434. The largest absolute Gasteiger partial charge is 0.471 e. The van der Waals surface area contributed by atoms with E-state index in [1.807, 2.05) is 45.3 Å².